The van der Waals surface area contributed by atoms with E-state index in [0.717, 1.165) is 5.69 Å². The SMILES string of the molecule is c1ccc(-c2ccc(-c3cccc(-n4c5ccccc5c5ccc(-c6cccc(C7c8ccccc8-c8ccccc87)c6)cc54)c3)cc2)cc1. The van der Waals surface area contributed by atoms with Crippen LogP contribution < -0.4 is 0 Å². The molecule has 0 N–H and O–H groups in total. The van der Waals surface area contributed by atoms with Crippen LogP contribution in [0.4, 0.5) is 0 Å². The predicted octanol–water partition coefficient (Wildman–Crippen LogP) is 12.9. The van der Waals surface area contributed by atoms with Gasteiger partial charge in [0.1, 0.15) is 0 Å². The maximum Gasteiger partial charge on any atom is 0.0547 e. The maximum absolute atomic E-state index is 2.43. The fourth-order valence-corrected chi connectivity index (χ4v) is 8.15. The Kier molecular flexibility index (Phi) is 6.63. The Balaban J connectivity index is 1.08. The van der Waals surface area contributed by atoms with Crippen LogP contribution in [-0.4, -0.2) is 4.57 Å². The zero-order valence-corrected chi connectivity index (χ0v) is 27.5. The van der Waals surface area contributed by atoms with Gasteiger partial charge in [-0.15, -0.1) is 0 Å². The molecular formula is C49H33N. The molecule has 0 saturated carbocycles. The number of hydrogen-bond acceptors (Lipinski definition) is 0. The van der Waals surface area contributed by atoms with Crippen molar-refractivity contribution in [3.63, 3.8) is 0 Å². The van der Waals surface area contributed by atoms with Crippen LogP contribution in [0.3, 0.4) is 0 Å². The second kappa shape index (κ2) is 11.6. The van der Waals surface area contributed by atoms with Crippen LogP contribution in [0.5, 0.6) is 0 Å². The van der Waals surface area contributed by atoms with E-state index in [9.17, 15) is 0 Å². The highest BCUT2D eigenvalue weighted by atomic mass is 15.0. The largest absolute Gasteiger partial charge is 0.309 e. The molecule has 10 rings (SSSR count). The molecule has 1 heterocycles. The monoisotopic (exact) mass is 635 g/mol. The van der Waals surface area contributed by atoms with Gasteiger partial charge in [-0.3, -0.25) is 0 Å². The number of benzene rings is 8. The molecule has 0 fully saturated rings. The lowest BCUT2D eigenvalue weighted by atomic mass is 9.87. The molecule has 0 aliphatic heterocycles. The molecule has 0 saturated heterocycles. The quantitative estimate of drug-likeness (QED) is 0.177. The van der Waals surface area contributed by atoms with Gasteiger partial charge in [-0.1, -0.05) is 170 Å². The van der Waals surface area contributed by atoms with Crippen LogP contribution in [0.2, 0.25) is 0 Å². The predicted molar refractivity (Wildman–Crippen MR) is 210 cm³/mol. The van der Waals surface area contributed by atoms with Crippen molar-refractivity contribution in [1.82, 2.24) is 4.57 Å². The summed E-state index contributed by atoms with van der Waals surface area (Å²) in [4.78, 5) is 0. The molecule has 1 heteroatoms. The molecule has 9 aromatic rings. The highest BCUT2D eigenvalue weighted by Gasteiger charge is 2.29. The second-order valence-corrected chi connectivity index (χ2v) is 13.3. The lowest BCUT2D eigenvalue weighted by Gasteiger charge is -2.16. The first-order chi connectivity index (χ1) is 24.8. The van der Waals surface area contributed by atoms with Crippen molar-refractivity contribution in [2.24, 2.45) is 0 Å². The Labute approximate surface area is 292 Å². The van der Waals surface area contributed by atoms with Crippen LogP contribution in [0, 0.1) is 0 Å². The van der Waals surface area contributed by atoms with Crippen molar-refractivity contribution >= 4 is 21.8 Å². The van der Waals surface area contributed by atoms with Gasteiger partial charge >= 0.3 is 0 Å². The minimum Gasteiger partial charge on any atom is -0.309 e. The molecule has 1 nitrogen and oxygen atoms in total. The second-order valence-electron chi connectivity index (χ2n) is 13.3. The third kappa shape index (κ3) is 4.63. The van der Waals surface area contributed by atoms with E-state index in [4.69, 9.17) is 0 Å². The van der Waals surface area contributed by atoms with Crippen LogP contribution in [0.25, 0.3) is 72.0 Å². The lowest BCUT2D eigenvalue weighted by Crippen LogP contribution is -1.99. The zero-order chi connectivity index (χ0) is 33.0. The minimum atomic E-state index is 0.224. The number of fused-ring (bicyclic) bond motifs is 6. The Morgan fingerprint density at radius 2 is 0.840 bits per heavy atom. The summed E-state index contributed by atoms with van der Waals surface area (Å²) in [6, 6.07) is 71.1. The molecule has 0 radical (unpaired) electrons. The molecule has 0 atom stereocenters. The van der Waals surface area contributed by atoms with Crippen LogP contribution in [-0.2, 0) is 0 Å². The van der Waals surface area contributed by atoms with E-state index in [1.54, 1.807) is 0 Å². The maximum atomic E-state index is 2.43. The molecule has 0 amide bonds. The Bertz CT molecular complexity index is 2650. The van der Waals surface area contributed by atoms with Crippen molar-refractivity contribution < 1.29 is 0 Å². The van der Waals surface area contributed by atoms with Gasteiger partial charge in [-0.2, -0.15) is 0 Å². The van der Waals surface area contributed by atoms with Gasteiger partial charge in [0.05, 0.1) is 11.0 Å². The minimum absolute atomic E-state index is 0.224. The van der Waals surface area contributed by atoms with Gasteiger partial charge in [-0.25, -0.2) is 0 Å². The van der Waals surface area contributed by atoms with Gasteiger partial charge < -0.3 is 4.57 Å². The summed E-state index contributed by atoms with van der Waals surface area (Å²) in [6.45, 7) is 0. The average molecular weight is 636 g/mol. The van der Waals surface area contributed by atoms with E-state index in [0.29, 0.717) is 0 Å². The summed E-state index contributed by atoms with van der Waals surface area (Å²) >= 11 is 0. The topological polar surface area (TPSA) is 4.93 Å². The molecule has 0 spiro atoms. The molecule has 1 aliphatic carbocycles. The van der Waals surface area contributed by atoms with Crippen molar-refractivity contribution in [1.29, 1.82) is 0 Å². The summed E-state index contributed by atoms with van der Waals surface area (Å²) in [5.74, 6) is 0.224. The first-order valence-electron chi connectivity index (χ1n) is 17.4. The van der Waals surface area contributed by atoms with Crippen LogP contribution >= 0.6 is 0 Å². The molecule has 50 heavy (non-hydrogen) atoms. The van der Waals surface area contributed by atoms with E-state index in [-0.39, 0.29) is 5.92 Å². The third-order valence-corrected chi connectivity index (χ3v) is 10.5. The van der Waals surface area contributed by atoms with Gasteiger partial charge in [-0.05, 0) is 85.5 Å². The fraction of sp³-hybridized carbons (Fsp3) is 0.0204. The zero-order valence-electron chi connectivity index (χ0n) is 27.5. The average Bonchev–Trinajstić information content (AvgIpc) is 3.71. The Hall–Kier alpha value is -6.44. The smallest absolute Gasteiger partial charge is 0.0547 e. The van der Waals surface area contributed by atoms with Crippen molar-refractivity contribution in [2.45, 2.75) is 5.92 Å². The number of rotatable bonds is 5. The summed E-state index contributed by atoms with van der Waals surface area (Å²) in [6.07, 6.45) is 0. The van der Waals surface area contributed by atoms with E-state index >= 15 is 0 Å². The molecule has 1 aromatic heterocycles. The fourth-order valence-electron chi connectivity index (χ4n) is 8.15. The van der Waals surface area contributed by atoms with Crippen molar-refractivity contribution in [3.05, 3.63) is 211 Å². The molecule has 1 aliphatic rings. The summed E-state index contributed by atoms with van der Waals surface area (Å²) < 4.78 is 2.43. The third-order valence-electron chi connectivity index (χ3n) is 10.5. The van der Waals surface area contributed by atoms with Crippen molar-refractivity contribution in [2.75, 3.05) is 0 Å². The lowest BCUT2D eigenvalue weighted by molar-refractivity contribution is 1.02. The summed E-state index contributed by atoms with van der Waals surface area (Å²) in [7, 11) is 0. The van der Waals surface area contributed by atoms with E-state index in [1.165, 1.54) is 83.0 Å². The standard InChI is InChI=1S/C49H33N/c1-2-12-33(13-3-1)34-24-26-35(27-25-34)37-15-11-17-40(31-37)50-47-23-9-8-20-43(47)44-29-28-38(32-48(44)50)36-14-10-16-39(30-36)49-45-21-6-4-18-41(45)42-19-5-7-22-46(42)49/h1-32,49H. The highest BCUT2D eigenvalue weighted by Crippen LogP contribution is 2.48. The number of hydrogen-bond donors (Lipinski definition) is 0. The molecule has 8 aromatic carbocycles. The summed E-state index contributed by atoms with van der Waals surface area (Å²) in [5, 5.41) is 2.52. The van der Waals surface area contributed by atoms with Crippen molar-refractivity contribution in [3.8, 4) is 50.2 Å². The molecular weight excluding hydrogens is 603 g/mol. The molecule has 234 valence electrons. The van der Waals surface area contributed by atoms with E-state index < -0.39 is 0 Å². The molecule has 0 unspecified atom stereocenters. The van der Waals surface area contributed by atoms with Crippen LogP contribution in [0.15, 0.2) is 194 Å². The normalized spacial score (nSPS) is 12.3. The highest BCUT2D eigenvalue weighted by molar-refractivity contribution is 6.10. The summed E-state index contributed by atoms with van der Waals surface area (Å²) in [5.41, 5.74) is 17.7. The number of para-hydroxylation sites is 1. The Morgan fingerprint density at radius 1 is 0.320 bits per heavy atom. The van der Waals surface area contributed by atoms with Gasteiger partial charge in [0.25, 0.3) is 0 Å². The first kappa shape index (κ1) is 28.6. The Morgan fingerprint density at radius 3 is 1.60 bits per heavy atom. The number of nitrogens with zero attached hydrogens (tertiary/aromatic N) is 1. The van der Waals surface area contributed by atoms with E-state index in [2.05, 4.69) is 199 Å². The van der Waals surface area contributed by atoms with Gasteiger partial charge in [0.2, 0.25) is 0 Å². The number of aromatic nitrogens is 1. The van der Waals surface area contributed by atoms with E-state index in [1.807, 2.05) is 0 Å². The van der Waals surface area contributed by atoms with Gasteiger partial charge in [0.15, 0.2) is 0 Å². The van der Waals surface area contributed by atoms with Gasteiger partial charge in [0, 0.05) is 22.4 Å². The van der Waals surface area contributed by atoms with Crippen LogP contribution in [0.1, 0.15) is 22.6 Å². The first-order valence-corrected chi connectivity index (χ1v) is 17.4. The molecule has 0 bridgehead atoms.